The molecule has 0 unspecified atom stereocenters. The van der Waals surface area contributed by atoms with Gasteiger partial charge in [-0.2, -0.15) is 5.10 Å². The highest BCUT2D eigenvalue weighted by Crippen LogP contribution is 2.23. The molecule has 0 aliphatic carbocycles. The molecule has 1 N–H and O–H groups in total. The summed E-state index contributed by atoms with van der Waals surface area (Å²) >= 11 is 0. The Morgan fingerprint density at radius 2 is 1.77 bits per heavy atom. The number of anilines is 1. The number of para-hydroxylation sites is 1. The number of hydrazone groups is 1. The molecule has 30 heavy (non-hydrogen) atoms. The predicted octanol–water partition coefficient (Wildman–Crippen LogP) is 4.37. The van der Waals surface area contributed by atoms with E-state index in [1.807, 2.05) is 60.7 Å². The molecule has 1 aliphatic rings. The van der Waals surface area contributed by atoms with Crippen LogP contribution in [0.1, 0.15) is 28.8 Å². The third kappa shape index (κ3) is 4.72. The molecule has 1 aliphatic heterocycles. The van der Waals surface area contributed by atoms with E-state index in [1.54, 1.807) is 29.3 Å². The van der Waals surface area contributed by atoms with Crippen LogP contribution in [0.25, 0.3) is 0 Å². The van der Waals surface area contributed by atoms with E-state index in [-0.39, 0.29) is 11.8 Å². The van der Waals surface area contributed by atoms with Crippen molar-refractivity contribution in [3.8, 4) is 11.5 Å². The summed E-state index contributed by atoms with van der Waals surface area (Å²) in [5.41, 5.74) is 4.51. The largest absolute Gasteiger partial charge is 0.457 e. The van der Waals surface area contributed by atoms with E-state index in [9.17, 15) is 9.59 Å². The fourth-order valence-electron chi connectivity index (χ4n) is 3.25. The van der Waals surface area contributed by atoms with Crippen LogP contribution < -0.4 is 15.1 Å². The first-order valence-electron chi connectivity index (χ1n) is 9.76. The van der Waals surface area contributed by atoms with Crippen molar-refractivity contribution in [1.29, 1.82) is 0 Å². The van der Waals surface area contributed by atoms with E-state index in [4.69, 9.17) is 4.74 Å². The van der Waals surface area contributed by atoms with Gasteiger partial charge in [-0.3, -0.25) is 9.59 Å². The van der Waals surface area contributed by atoms with E-state index >= 15 is 0 Å². The van der Waals surface area contributed by atoms with Gasteiger partial charge in [-0.15, -0.1) is 0 Å². The topological polar surface area (TPSA) is 71.0 Å². The Labute approximate surface area is 174 Å². The van der Waals surface area contributed by atoms with Crippen molar-refractivity contribution in [3.63, 3.8) is 0 Å². The van der Waals surface area contributed by atoms with Gasteiger partial charge in [-0.05, 0) is 54.4 Å². The van der Waals surface area contributed by atoms with Crippen LogP contribution in [0.15, 0.2) is 84.0 Å². The summed E-state index contributed by atoms with van der Waals surface area (Å²) < 4.78 is 5.81. The van der Waals surface area contributed by atoms with Crippen LogP contribution in [0, 0.1) is 0 Å². The summed E-state index contributed by atoms with van der Waals surface area (Å²) in [6, 6.07) is 23.9. The summed E-state index contributed by atoms with van der Waals surface area (Å²) in [6.45, 7) is 0.684. The number of benzene rings is 3. The normalized spacial score (nSPS) is 13.6. The maximum Gasteiger partial charge on any atom is 0.271 e. The molecule has 0 spiro atoms. The lowest BCUT2D eigenvalue weighted by molar-refractivity contribution is -0.117. The first kappa shape index (κ1) is 19.4. The standard InChI is InChI=1S/C24H21N3O3/c28-23-13-6-14-27(23)20-9-5-8-19(16-20)24(29)26-25-17-18-7-4-12-22(15-18)30-21-10-2-1-3-11-21/h1-5,7-12,15-17H,6,13-14H2,(H,26,29)/b25-17+. The third-order valence-electron chi connectivity index (χ3n) is 4.71. The summed E-state index contributed by atoms with van der Waals surface area (Å²) in [6.07, 6.45) is 2.95. The van der Waals surface area contributed by atoms with Crippen molar-refractivity contribution in [2.45, 2.75) is 12.8 Å². The summed E-state index contributed by atoms with van der Waals surface area (Å²) in [4.78, 5) is 26.1. The Morgan fingerprint density at radius 1 is 0.967 bits per heavy atom. The van der Waals surface area contributed by atoms with Crippen molar-refractivity contribution < 1.29 is 14.3 Å². The van der Waals surface area contributed by atoms with Gasteiger partial charge in [0, 0.05) is 24.2 Å². The number of nitrogens with zero attached hydrogens (tertiary/aromatic N) is 2. The molecule has 1 saturated heterocycles. The second-order valence-corrected chi connectivity index (χ2v) is 6.89. The van der Waals surface area contributed by atoms with Crippen molar-refractivity contribution >= 4 is 23.7 Å². The highest BCUT2D eigenvalue weighted by atomic mass is 16.5. The van der Waals surface area contributed by atoms with Gasteiger partial charge in [-0.25, -0.2) is 5.43 Å². The van der Waals surface area contributed by atoms with E-state index < -0.39 is 0 Å². The van der Waals surface area contributed by atoms with Crippen molar-refractivity contribution in [3.05, 3.63) is 90.0 Å². The minimum Gasteiger partial charge on any atom is -0.457 e. The average Bonchev–Trinajstić information content (AvgIpc) is 3.21. The molecule has 0 saturated carbocycles. The van der Waals surface area contributed by atoms with Gasteiger partial charge < -0.3 is 9.64 Å². The van der Waals surface area contributed by atoms with Crippen LogP contribution in [0.2, 0.25) is 0 Å². The van der Waals surface area contributed by atoms with Gasteiger partial charge in [0.15, 0.2) is 0 Å². The van der Waals surface area contributed by atoms with Crippen LogP contribution in [-0.4, -0.2) is 24.6 Å². The monoisotopic (exact) mass is 399 g/mol. The lowest BCUT2D eigenvalue weighted by atomic mass is 10.2. The minimum absolute atomic E-state index is 0.0863. The van der Waals surface area contributed by atoms with Crippen LogP contribution in [0.5, 0.6) is 11.5 Å². The molecule has 2 amide bonds. The molecule has 4 rings (SSSR count). The van der Waals surface area contributed by atoms with Crippen molar-refractivity contribution in [2.24, 2.45) is 5.10 Å². The lowest BCUT2D eigenvalue weighted by Gasteiger charge is -2.16. The maximum atomic E-state index is 12.4. The second kappa shape index (κ2) is 9.05. The highest BCUT2D eigenvalue weighted by Gasteiger charge is 2.22. The zero-order valence-electron chi connectivity index (χ0n) is 16.3. The Bertz CT molecular complexity index is 1080. The van der Waals surface area contributed by atoms with Crippen molar-refractivity contribution in [2.75, 3.05) is 11.4 Å². The van der Waals surface area contributed by atoms with Crippen LogP contribution in [0.3, 0.4) is 0 Å². The van der Waals surface area contributed by atoms with Gasteiger partial charge in [0.2, 0.25) is 5.91 Å². The van der Waals surface area contributed by atoms with Crippen LogP contribution in [-0.2, 0) is 4.79 Å². The molecule has 150 valence electrons. The lowest BCUT2D eigenvalue weighted by Crippen LogP contribution is -2.24. The van der Waals surface area contributed by atoms with Gasteiger partial charge in [0.05, 0.1) is 6.21 Å². The zero-order valence-corrected chi connectivity index (χ0v) is 16.3. The maximum absolute atomic E-state index is 12.4. The zero-order chi connectivity index (χ0) is 20.8. The minimum atomic E-state index is -0.337. The molecular weight excluding hydrogens is 378 g/mol. The van der Waals surface area contributed by atoms with Gasteiger partial charge >= 0.3 is 0 Å². The number of ether oxygens (including phenoxy) is 1. The summed E-state index contributed by atoms with van der Waals surface area (Å²) in [5, 5.41) is 4.05. The summed E-state index contributed by atoms with van der Waals surface area (Å²) in [5.74, 6) is 1.18. The van der Waals surface area contributed by atoms with E-state index in [1.165, 1.54) is 0 Å². The van der Waals surface area contributed by atoms with Gasteiger partial charge in [0.25, 0.3) is 5.91 Å². The molecule has 0 atom stereocenters. The number of amides is 2. The number of nitrogens with one attached hydrogen (secondary N) is 1. The highest BCUT2D eigenvalue weighted by molar-refractivity contribution is 5.99. The Balaban J connectivity index is 1.39. The Morgan fingerprint density at radius 3 is 2.57 bits per heavy atom. The average molecular weight is 399 g/mol. The quantitative estimate of drug-likeness (QED) is 0.494. The third-order valence-corrected chi connectivity index (χ3v) is 4.71. The van der Waals surface area contributed by atoms with Crippen molar-refractivity contribution in [1.82, 2.24) is 5.43 Å². The summed E-state index contributed by atoms with van der Waals surface area (Å²) in [7, 11) is 0. The second-order valence-electron chi connectivity index (χ2n) is 6.89. The molecular formula is C24H21N3O3. The van der Waals surface area contributed by atoms with E-state index in [0.29, 0.717) is 24.3 Å². The molecule has 0 bridgehead atoms. The Kier molecular flexibility index (Phi) is 5.85. The first-order valence-corrected chi connectivity index (χ1v) is 9.76. The number of rotatable bonds is 6. The first-order chi connectivity index (χ1) is 14.7. The fraction of sp³-hybridized carbons (Fsp3) is 0.125. The van der Waals surface area contributed by atoms with Gasteiger partial charge in [0.1, 0.15) is 11.5 Å². The molecule has 0 aromatic heterocycles. The number of hydrogen-bond donors (Lipinski definition) is 1. The Hall–Kier alpha value is -3.93. The SMILES string of the molecule is O=C(N/N=C/c1cccc(Oc2ccccc2)c1)c1cccc(N2CCCC2=O)c1. The number of carbonyl (C=O) groups excluding carboxylic acids is 2. The molecule has 6 heteroatoms. The molecule has 0 radical (unpaired) electrons. The smallest absolute Gasteiger partial charge is 0.271 e. The molecule has 3 aromatic carbocycles. The van der Waals surface area contributed by atoms with Crippen LogP contribution >= 0.6 is 0 Å². The van der Waals surface area contributed by atoms with E-state index in [2.05, 4.69) is 10.5 Å². The molecule has 1 fully saturated rings. The molecule has 3 aromatic rings. The molecule has 1 heterocycles. The fourth-order valence-corrected chi connectivity index (χ4v) is 3.25. The van der Waals surface area contributed by atoms with Crippen LogP contribution in [0.4, 0.5) is 5.69 Å². The molecule has 6 nitrogen and oxygen atoms in total. The number of carbonyl (C=O) groups is 2. The number of hydrogen-bond acceptors (Lipinski definition) is 4. The predicted molar refractivity (Wildman–Crippen MR) is 116 cm³/mol. The van der Waals surface area contributed by atoms with Gasteiger partial charge in [-0.1, -0.05) is 36.4 Å². The van der Waals surface area contributed by atoms with E-state index in [0.717, 1.165) is 23.4 Å².